The zero-order chi connectivity index (χ0) is 21.7. The molecule has 156 valence electrons. The number of nitrogens with one attached hydrogen (secondary N) is 2. The van der Waals surface area contributed by atoms with Gasteiger partial charge in [0.15, 0.2) is 0 Å². The van der Waals surface area contributed by atoms with Crippen LogP contribution in [0.4, 0.5) is 18.0 Å². The zero-order valence-corrected chi connectivity index (χ0v) is 16.0. The second-order valence-electron chi connectivity index (χ2n) is 6.55. The lowest BCUT2D eigenvalue weighted by atomic mass is 10.1. The van der Waals surface area contributed by atoms with Crippen LogP contribution < -0.4 is 15.5 Å². The Morgan fingerprint density at radius 1 is 1.13 bits per heavy atom. The summed E-state index contributed by atoms with van der Waals surface area (Å²) in [5.74, 6) is -0.335. The minimum Gasteiger partial charge on any atom is -0.406 e. The Morgan fingerprint density at radius 3 is 2.50 bits per heavy atom. The van der Waals surface area contributed by atoms with Gasteiger partial charge in [-0.05, 0) is 60.0 Å². The van der Waals surface area contributed by atoms with Gasteiger partial charge in [-0.3, -0.25) is 15.0 Å². The first-order valence-corrected chi connectivity index (χ1v) is 9.04. The predicted octanol–water partition coefficient (Wildman–Crippen LogP) is 4.04. The van der Waals surface area contributed by atoms with E-state index >= 15 is 0 Å². The van der Waals surface area contributed by atoms with E-state index in [1.807, 2.05) is 19.1 Å². The summed E-state index contributed by atoms with van der Waals surface area (Å²) in [5.41, 5.74) is 3.05. The summed E-state index contributed by atoms with van der Waals surface area (Å²) in [6.07, 6.45) is -1.05. The molecule has 0 aliphatic heterocycles. The van der Waals surface area contributed by atoms with Crippen molar-refractivity contribution >= 4 is 6.03 Å². The molecule has 2 heterocycles. The maximum atomic E-state index is 12.5. The summed E-state index contributed by atoms with van der Waals surface area (Å²) < 4.78 is 41.9. The molecule has 0 aliphatic rings. The van der Waals surface area contributed by atoms with Crippen molar-refractivity contribution in [2.45, 2.75) is 19.7 Å². The molecular formula is C21H19F3N4O2. The van der Waals surface area contributed by atoms with E-state index < -0.39 is 12.4 Å². The fourth-order valence-corrected chi connectivity index (χ4v) is 2.81. The molecular weight excluding hydrogens is 397 g/mol. The standard InChI is InChI=1S/C21H19F3N4O2/c1-14-8-10-26-17(12-14)9-11-27-20(29)28-13-16(4-7-19(28)25)15-2-5-18(6-3-15)30-21(22,23)24/h2-8,10,12-13,25H,9,11H2,1H3,(H,27,29). The molecule has 3 rings (SSSR count). The van der Waals surface area contributed by atoms with Gasteiger partial charge in [-0.15, -0.1) is 13.2 Å². The Kier molecular flexibility index (Phi) is 6.20. The van der Waals surface area contributed by atoms with E-state index in [1.165, 1.54) is 36.5 Å². The van der Waals surface area contributed by atoms with Gasteiger partial charge in [0.1, 0.15) is 11.2 Å². The molecule has 0 aliphatic carbocycles. The second-order valence-corrected chi connectivity index (χ2v) is 6.55. The minimum absolute atomic E-state index is 0.0260. The smallest absolute Gasteiger partial charge is 0.406 e. The van der Waals surface area contributed by atoms with Crippen molar-refractivity contribution in [3.8, 4) is 16.9 Å². The van der Waals surface area contributed by atoms with Crippen molar-refractivity contribution in [2.75, 3.05) is 6.54 Å². The molecule has 0 spiro atoms. The maximum Gasteiger partial charge on any atom is 0.573 e. The molecule has 0 saturated heterocycles. The van der Waals surface area contributed by atoms with Gasteiger partial charge in [0, 0.05) is 31.1 Å². The van der Waals surface area contributed by atoms with Crippen LogP contribution in [0.25, 0.3) is 11.1 Å². The van der Waals surface area contributed by atoms with Crippen LogP contribution in [0.1, 0.15) is 11.3 Å². The van der Waals surface area contributed by atoms with Crippen LogP contribution in [0.15, 0.2) is 60.9 Å². The number of pyridine rings is 2. The van der Waals surface area contributed by atoms with E-state index in [4.69, 9.17) is 5.41 Å². The van der Waals surface area contributed by atoms with Gasteiger partial charge < -0.3 is 10.1 Å². The highest BCUT2D eigenvalue weighted by molar-refractivity contribution is 5.78. The molecule has 0 saturated carbocycles. The molecule has 0 unspecified atom stereocenters. The predicted molar refractivity (Wildman–Crippen MR) is 104 cm³/mol. The first kappa shape index (κ1) is 21.1. The lowest BCUT2D eigenvalue weighted by molar-refractivity contribution is -0.274. The van der Waals surface area contributed by atoms with E-state index in [-0.39, 0.29) is 11.2 Å². The van der Waals surface area contributed by atoms with Gasteiger partial charge in [-0.1, -0.05) is 12.1 Å². The lowest BCUT2D eigenvalue weighted by Gasteiger charge is -2.11. The quantitative estimate of drug-likeness (QED) is 0.659. The number of benzene rings is 1. The third kappa shape index (κ3) is 5.69. The average Bonchev–Trinajstić information content (AvgIpc) is 2.68. The molecule has 6 nitrogen and oxygen atoms in total. The summed E-state index contributed by atoms with van der Waals surface area (Å²) >= 11 is 0. The molecule has 0 atom stereocenters. The summed E-state index contributed by atoms with van der Waals surface area (Å²) in [6, 6.07) is 11.7. The van der Waals surface area contributed by atoms with Crippen LogP contribution in [0.5, 0.6) is 5.75 Å². The number of aryl methyl sites for hydroxylation is 1. The fourth-order valence-electron chi connectivity index (χ4n) is 2.81. The Bertz CT molecular complexity index is 1090. The SMILES string of the molecule is Cc1ccnc(CCNC(=O)n2cc(-c3ccc(OC(F)(F)F)cc3)ccc2=N)c1. The van der Waals surface area contributed by atoms with Crippen LogP contribution in [0.3, 0.4) is 0 Å². The van der Waals surface area contributed by atoms with Gasteiger partial charge in [0.05, 0.1) is 0 Å². The number of hydrogen-bond donors (Lipinski definition) is 2. The number of aromatic nitrogens is 2. The van der Waals surface area contributed by atoms with Crippen molar-refractivity contribution in [1.29, 1.82) is 5.41 Å². The molecule has 1 aromatic carbocycles. The van der Waals surface area contributed by atoms with Crippen molar-refractivity contribution in [2.24, 2.45) is 0 Å². The number of nitrogens with zero attached hydrogens (tertiary/aromatic N) is 2. The third-order valence-electron chi connectivity index (χ3n) is 4.22. The Balaban J connectivity index is 1.70. The number of rotatable bonds is 5. The first-order valence-electron chi connectivity index (χ1n) is 9.04. The second kappa shape index (κ2) is 8.81. The van der Waals surface area contributed by atoms with Crippen LogP contribution in [-0.4, -0.2) is 28.5 Å². The molecule has 0 bridgehead atoms. The summed E-state index contributed by atoms with van der Waals surface area (Å²) in [7, 11) is 0. The van der Waals surface area contributed by atoms with Crippen LogP contribution in [-0.2, 0) is 6.42 Å². The van der Waals surface area contributed by atoms with Crippen molar-refractivity contribution in [1.82, 2.24) is 14.9 Å². The number of carbonyl (C=O) groups excluding carboxylic acids is 1. The Hall–Kier alpha value is -3.62. The van der Waals surface area contributed by atoms with Gasteiger partial charge in [0.25, 0.3) is 0 Å². The van der Waals surface area contributed by atoms with Gasteiger partial charge in [-0.25, -0.2) is 4.79 Å². The average molecular weight is 416 g/mol. The minimum atomic E-state index is -4.76. The van der Waals surface area contributed by atoms with Crippen molar-refractivity contribution < 1.29 is 22.7 Å². The highest BCUT2D eigenvalue weighted by Gasteiger charge is 2.30. The van der Waals surface area contributed by atoms with Crippen LogP contribution in [0, 0.1) is 12.3 Å². The molecule has 9 heteroatoms. The zero-order valence-electron chi connectivity index (χ0n) is 16.0. The Labute approximate surface area is 170 Å². The normalized spacial score (nSPS) is 11.2. The third-order valence-corrected chi connectivity index (χ3v) is 4.22. The number of ether oxygens (including phenoxy) is 1. The molecule has 1 amide bonds. The first-order chi connectivity index (χ1) is 14.2. The van der Waals surface area contributed by atoms with E-state index in [1.54, 1.807) is 12.3 Å². The summed E-state index contributed by atoms with van der Waals surface area (Å²) in [4.78, 5) is 16.7. The summed E-state index contributed by atoms with van der Waals surface area (Å²) in [6.45, 7) is 2.30. The number of alkyl halides is 3. The van der Waals surface area contributed by atoms with Crippen molar-refractivity contribution in [3.05, 3.63) is 77.7 Å². The van der Waals surface area contributed by atoms with Crippen LogP contribution in [0.2, 0.25) is 0 Å². The van der Waals surface area contributed by atoms with E-state index in [0.29, 0.717) is 24.1 Å². The molecule has 30 heavy (non-hydrogen) atoms. The van der Waals surface area contributed by atoms with Gasteiger partial charge in [-0.2, -0.15) is 0 Å². The topological polar surface area (TPSA) is 80.0 Å². The van der Waals surface area contributed by atoms with Crippen molar-refractivity contribution in [3.63, 3.8) is 0 Å². The number of hydrogen-bond acceptors (Lipinski definition) is 4. The van der Waals surface area contributed by atoms with E-state index in [2.05, 4.69) is 15.0 Å². The largest absolute Gasteiger partial charge is 0.573 e. The molecule has 2 N–H and O–H groups in total. The Morgan fingerprint density at radius 2 is 1.83 bits per heavy atom. The lowest BCUT2D eigenvalue weighted by Crippen LogP contribution is -2.36. The number of carbonyl (C=O) groups is 1. The van der Waals surface area contributed by atoms with Gasteiger partial charge in [0.2, 0.25) is 0 Å². The van der Waals surface area contributed by atoms with E-state index in [9.17, 15) is 18.0 Å². The molecule has 0 fully saturated rings. The highest BCUT2D eigenvalue weighted by atomic mass is 19.4. The van der Waals surface area contributed by atoms with Crippen LogP contribution >= 0.6 is 0 Å². The van der Waals surface area contributed by atoms with Gasteiger partial charge >= 0.3 is 12.4 Å². The highest BCUT2D eigenvalue weighted by Crippen LogP contribution is 2.26. The number of halogens is 3. The molecule has 3 aromatic rings. The number of amides is 1. The maximum absolute atomic E-state index is 12.5. The molecule has 0 radical (unpaired) electrons. The summed E-state index contributed by atoms with van der Waals surface area (Å²) in [5, 5.41) is 10.7. The monoisotopic (exact) mass is 416 g/mol. The van der Waals surface area contributed by atoms with E-state index in [0.717, 1.165) is 15.8 Å². The molecule has 2 aromatic heterocycles. The fraction of sp³-hybridized carbons (Fsp3) is 0.190.